The summed E-state index contributed by atoms with van der Waals surface area (Å²) in [6.45, 7) is 2.78. The third kappa shape index (κ3) is 2.35. The summed E-state index contributed by atoms with van der Waals surface area (Å²) >= 11 is 3.57. The Labute approximate surface area is 115 Å². The third-order valence-electron chi connectivity index (χ3n) is 3.40. The minimum Gasteiger partial charge on any atom is -0.330 e. The minimum atomic E-state index is 0.482. The molecule has 0 amide bonds. The van der Waals surface area contributed by atoms with Gasteiger partial charge < -0.3 is 5.73 Å². The van der Waals surface area contributed by atoms with Gasteiger partial charge in [0.15, 0.2) is 0 Å². The van der Waals surface area contributed by atoms with Crippen LogP contribution in [0.4, 0.5) is 0 Å². The molecule has 96 valence electrons. The Hall–Kier alpha value is -0.780. The Balaban J connectivity index is 1.84. The van der Waals surface area contributed by atoms with Gasteiger partial charge >= 0.3 is 0 Å². The monoisotopic (exact) mass is 279 g/mol. The minimum absolute atomic E-state index is 0.482. The van der Waals surface area contributed by atoms with Crippen LogP contribution in [-0.2, 0) is 12.8 Å². The van der Waals surface area contributed by atoms with Crippen LogP contribution in [0.2, 0.25) is 0 Å². The molecule has 0 fully saturated rings. The van der Waals surface area contributed by atoms with Gasteiger partial charge in [-0.3, -0.25) is 0 Å². The second-order valence-corrected chi connectivity index (χ2v) is 7.01. The van der Waals surface area contributed by atoms with Crippen molar-refractivity contribution in [3.05, 3.63) is 31.7 Å². The van der Waals surface area contributed by atoms with Crippen LogP contribution in [0, 0.1) is 6.92 Å². The van der Waals surface area contributed by atoms with E-state index in [9.17, 15) is 0 Å². The third-order valence-corrected chi connectivity index (χ3v) is 5.35. The lowest BCUT2D eigenvalue weighted by Crippen LogP contribution is -2.17. The van der Waals surface area contributed by atoms with Crippen LogP contribution in [0.5, 0.6) is 0 Å². The fraction of sp³-hybridized carbons (Fsp3) is 0.538. The van der Waals surface area contributed by atoms with Crippen molar-refractivity contribution in [2.45, 2.75) is 38.5 Å². The Morgan fingerprint density at radius 3 is 3.06 bits per heavy atom. The van der Waals surface area contributed by atoms with Crippen LogP contribution in [-0.4, -0.2) is 16.5 Å². The molecule has 3 nitrogen and oxygen atoms in total. The van der Waals surface area contributed by atoms with Gasteiger partial charge in [0.25, 0.3) is 0 Å². The highest BCUT2D eigenvalue weighted by Gasteiger charge is 2.23. The van der Waals surface area contributed by atoms with Gasteiger partial charge in [-0.1, -0.05) is 0 Å². The lowest BCUT2D eigenvalue weighted by Gasteiger charge is -2.18. The predicted molar refractivity (Wildman–Crippen MR) is 76.5 cm³/mol. The van der Waals surface area contributed by atoms with E-state index in [4.69, 9.17) is 10.7 Å². The van der Waals surface area contributed by atoms with E-state index >= 15 is 0 Å². The number of thiazole rings is 2. The summed E-state index contributed by atoms with van der Waals surface area (Å²) in [4.78, 5) is 10.8. The molecule has 0 spiro atoms. The number of fused-ring (bicyclic) bond motifs is 1. The molecule has 0 radical (unpaired) electrons. The zero-order chi connectivity index (χ0) is 12.5. The van der Waals surface area contributed by atoms with Gasteiger partial charge in [0.1, 0.15) is 0 Å². The predicted octanol–water partition coefficient (Wildman–Crippen LogP) is 2.88. The van der Waals surface area contributed by atoms with E-state index in [2.05, 4.69) is 10.4 Å². The molecular weight excluding hydrogens is 262 g/mol. The fourth-order valence-corrected chi connectivity index (χ4v) is 4.33. The second-order valence-electron chi connectivity index (χ2n) is 4.78. The number of hydrogen-bond donors (Lipinski definition) is 1. The standard InChI is InChI=1S/C13H17N3S2/c1-8-15-10(7-17-8)5-12-16-13-9(6-14)3-2-4-11(13)18-12/h7,9H,2-6,14H2,1H3. The van der Waals surface area contributed by atoms with Crippen molar-refractivity contribution < 1.29 is 0 Å². The molecule has 1 aliphatic rings. The van der Waals surface area contributed by atoms with E-state index in [1.165, 1.54) is 34.8 Å². The molecule has 0 bridgehead atoms. The highest BCUT2D eigenvalue weighted by atomic mass is 32.1. The van der Waals surface area contributed by atoms with E-state index in [1.54, 1.807) is 11.3 Å². The largest absolute Gasteiger partial charge is 0.330 e. The lowest BCUT2D eigenvalue weighted by molar-refractivity contribution is 0.553. The molecule has 0 saturated heterocycles. The van der Waals surface area contributed by atoms with Gasteiger partial charge in [0.2, 0.25) is 0 Å². The van der Waals surface area contributed by atoms with Gasteiger partial charge in [-0.2, -0.15) is 0 Å². The summed E-state index contributed by atoms with van der Waals surface area (Å²) in [5.41, 5.74) is 8.26. The Bertz CT molecular complexity index is 544. The summed E-state index contributed by atoms with van der Waals surface area (Å²) in [6.07, 6.45) is 4.51. The summed E-state index contributed by atoms with van der Waals surface area (Å²) in [6, 6.07) is 0. The maximum absolute atomic E-state index is 5.84. The van der Waals surface area contributed by atoms with Crippen molar-refractivity contribution in [3.63, 3.8) is 0 Å². The molecule has 0 aliphatic heterocycles. The summed E-state index contributed by atoms with van der Waals surface area (Å²) in [7, 11) is 0. The van der Waals surface area contributed by atoms with Crippen molar-refractivity contribution in [1.82, 2.24) is 9.97 Å². The number of nitrogens with two attached hydrogens (primary N) is 1. The molecule has 1 aliphatic carbocycles. The van der Waals surface area contributed by atoms with Crippen molar-refractivity contribution in [2.75, 3.05) is 6.54 Å². The van der Waals surface area contributed by atoms with Crippen LogP contribution in [0.1, 0.15) is 45.0 Å². The highest BCUT2D eigenvalue weighted by molar-refractivity contribution is 7.11. The topological polar surface area (TPSA) is 51.8 Å². The van der Waals surface area contributed by atoms with Crippen LogP contribution >= 0.6 is 22.7 Å². The number of hydrogen-bond acceptors (Lipinski definition) is 5. The Kier molecular flexibility index (Phi) is 3.46. The van der Waals surface area contributed by atoms with Crippen molar-refractivity contribution in [3.8, 4) is 0 Å². The van der Waals surface area contributed by atoms with E-state index in [0.717, 1.165) is 23.7 Å². The SMILES string of the molecule is Cc1nc(Cc2nc3c(s2)CCCC3CN)cs1. The molecule has 2 N–H and O–H groups in total. The van der Waals surface area contributed by atoms with E-state index in [1.807, 2.05) is 18.3 Å². The van der Waals surface area contributed by atoms with Crippen molar-refractivity contribution in [1.29, 1.82) is 0 Å². The Morgan fingerprint density at radius 1 is 1.44 bits per heavy atom. The van der Waals surface area contributed by atoms with Crippen LogP contribution < -0.4 is 5.73 Å². The molecule has 2 aromatic heterocycles. The molecule has 0 saturated carbocycles. The molecule has 3 rings (SSSR count). The number of nitrogens with zero attached hydrogens (tertiary/aromatic N) is 2. The average Bonchev–Trinajstić information content (AvgIpc) is 2.94. The Morgan fingerprint density at radius 2 is 2.33 bits per heavy atom. The normalized spacial score (nSPS) is 18.9. The van der Waals surface area contributed by atoms with E-state index in [-0.39, 0.29) is 0 Å². The zero-order valence-electron chi connectivity index (χ0n) is 10.5. The molecule has 2 heterocycles. The van der Waals surface area contributed by atoms with Gasteiger partial charge in [-0.25, -0.2) is 9.97 Å². The highest BCUT2D eigenvalue weighted by Crippen LogP contribution is 2.34. The molecule has 0 aromatic carbocycles. The maximum atomic E-state index is 5.84. The smallest absolute Gasteiger partial charge is 0.0991 e. The summed E-state index contributed by atoms with van der Waals surface area (Å²) in [5, 5.41) is 4.47. The summed E-state index contributed by atoms with van der Waals surface area (Å²) < 4.78 is 0. The van der Waals surface area contributed by atoms with Gasteiger partial charge in [-0.05, 0) is 26.2 Å². The van der Waals surface area contributed by atoms with Gasteiger partial charge in [-0.15, -0.1) is 22.7 Å². The first kappa shape index (κ1) is 12.3. The second kappa shape index (κ2) is 5.07. The van der Waals surface area contributed by atoms with E-state index < -0.39 is 0 Å². The molecule has 2 aromatic rings. The average molecular weight is 279 g/mol. The maximum Gasteiger partial charge on any atom is 0.0991 e. The molecule has 1 atom stereocenters. The van der Waals surface area contributed by atoms with Crippen LogP contribution in [0.25, 0.3) is 0 Å². The fourth-order valence-electron chi connectivity index (χ4n) is 2.51. The van der Waals surface area contributed by atoms with E-state index in [0.29, 0.717) is 5.92 Å². The van der Waals surface area contributed by atoms with Gasteiger partial charge in [0.05, 0.1) is 21.4 Å². The molecular formula is C13H17N3S2. The van der Waals surface area contributed by atoms with Gasteiger partial charge in [0, 0.05) is 29.1 Å². The molecule has 5 heteroatoms. The van der Waals surface area contributed by atoms with Crippen molar-refractivity contribution >= 4 is 22.7 Å². The number of rotatable bonds is 3. The molecule has 1 unspecified atom stereocenters. The lowest BCUT2D eigenvalue weighted by atomic mass is 9.91. The number of aromatic nitrogens is 2. The molecule has 18 heavy (non-hydrogen) atoms. The summed E-state index contributed by atoms with van der Waals surface area (Å²) in [5.74, 6) is 0.482. The van der Waals surface area contributed by atoms with Crippen molar-refractivity contribution in [2.24, 2.45) is 5.73 Å². The zero-order valence-corrected chi connectivity index (χ0v) is 12.1. The van der Waals surface area contributed by atoms with Crippen LogP contribution in [0.3, 0.4) is 0 Å². The quantitative estimate of drug-likeness (QED) is 0.940. The first-order chi connectivity index (χ1) is 8.76. The van der Waals surface area contributed by atoms with Crippen LogP contribution in [0.15, 0.2) is 5.38 Å². The number of aryl methyl sites for hydroxylation is 2. The first-order valence-corrected chi connectivity index (χ1v) is 8.05. The first-order valence-electron chi connectivity index (χ1n) is 6.36.